The van der Waals surface area contributed by atoms with E-state index in [-0.39, 0.29) is 12.7 Å². The summed E-state index contributed by atoms with van der Waals surface area (Å²) < 4.78 is 30.9. The SMILES string of the molecule is CCCCCCC(F)COc1ccc(C(=O)Oc2ccc(OC(C)CCCCCC)cc2)cc1. The molecule has 2 atom stereocenters. The number of unbranched alkanes of at least 4 members (excludes halogenated alkanes) is 6. The Kier molecular flexibility index (Phi) is 13.1. The molecule has 4 nitrogen and oxygen atoms in total. The molecule has 0 saturated heterocycles. The number of hydrogen-bond donors (Lipinski definition) is 0. The molecular formula is C29H41FO4. The number of benzene rings is 2. The Hall–Kier alpha value is -2.56. The second kappa shape index (κ2) is 16.1. The zero-order valence-corrected chi connectivity index (χ0v) is 21.1. The van der Waals surface area contributed by atoms with E-state index in [2.05, 4.69) is 20.8 Å². The molecule has 0 aromatic heterocycles. The molecule has 0 bridgehead atoms. The van der Waals surface area contributed by atoms with E-state index in [0.717, 1.165) is 37.9 Å². The lowest BCUT2D eigenvalue weighted by atomic mass is 10.1. The molecule has 0 aliphatic heterocycles. The van der Waals surface area contributed by atoms with E-state index >= 15 is 0 Å². The standard InChI is InChI=1S/C29H41FO4/c1-4-6-8-10-12-23(3)33-27-18-20-28(21-19-27)34-29(31)24-14-16-26(17-15-24)32-22-25(30)13-11-9-7-5-2/h14-21,23,25H,4-13,22H2,1-3H3. The monoisotopic (exact) mass is 472 g/mol. The molecule has 2 unspecified atom stereocenters. The van der Waals surface area contributed by atoms with E-state index in [1.165, 1.54) is 25.7 Å². The van der Waals surface area contributed by atoms with Gasteiger partial charge in [-0.2, -0.15) is 0 Å². The third-order valence-electron chi connectivity index (χ3n) is 5.73. The molecule has 0 heterocycles. The molecule has 2 aromatic carbocycles. The molecule has 0 aliphatic rings. The van der Waals surface area contributed by atoms with Gasteiger partial charge in [0.15, 0.2) is 0 Å². The summed E-state index contributed by atoms with van der Waals surface area (Å²) in [5.41, 5.74) is 0.407. The van der Waals surface area contributed by atoms with Crippen molar-refractivity contribution in [2.24, 2.45) is 0 Å². The van der Waals surface area contributed by atoms with Gasteiger partial charge in [0.05, 0.1) is 11.7 Å². The number of carbonyl (C=O) groups excluding carboxylic acids is 1. The lowest BCUT2D eigenvalue weighted by Gasteiger charge is -2.15. The number of esters is 1. The highest BCUT2D eigenvalue weighted by molar-refractivity contribution is 5.91. The minimum absolute atomic E-state index is 0.0295. The molecule has 0 spiro atoms. The first-order valence-corrected chi connectivity index (χ1v) is 12.9. The van der Waals surface area contributed by atoms with Crippen LogP contribution in [0.4, 0.5) is 4.39 Å². The van der Waals surface area contributed by atoms with Crippen LogP contribution in [0.15, 0.2) is 48.5 Å². The van der Waals surface area contributed by atoms with Crippen LogP contribution in [0, 0.1) is 0 Å². The molecule has 2 rings (SSSR count). The van der Waals surface area contributed by atoms with Crippen LogP contribution in [0.5, 0.6) is 17.2 Å². The van der Waals surface area contributed by atoms with E-state index in [9.17, 15) is 9.18 Å². The molecule has 0 fully saturated rings. The maximum Gasteiger partial charge on any atom is 0.343 e. The highest BCUT2D eigenvalue weighted by Crippen LogP contribution is 2.22. The van der Waals surface area contributed by atoms with Crippen LogP contribution < -0.4 is 14.2 Å². The first-order chi connectivity index (χ1) is 16.5. The number of carbonyl (C=O) groups is 1. The van der Waals surface area contributed by atoms with Gasteiger partial charge in [0, 0.05) is 0 Å². The predicted molar refractivity (Wildman–Crippen MR) is 136 cm³/mol. The van der Waals surface area contributed by atoms with Crippen molar-refractivity contribution >= 4 is 5.97 Å². The minimum atomic E-state index is -0.975. The van der Waals surface area contributed by atoms with Gasteiger partial charge in [-0.05, 0) is 74.7 Å². The number of alkyl halides is 1. The van der Waals surface area contributed by atoms with E-state index in [0.29, 0.717) is 23.5 Å². The number of rotatable bonds is 17. The Morgan fingerprint density at radius 2 is 1.32 bits per heavy atom. The van der Waals surface area contributed by atoms with Gasteiger partial charge in [0.25, 0.3) is 0 Å². The lowest BCUT2D eigenvalue weighted by Crippen LogP contribution is -2.13. The lowest BCUT2D eigenvalue weighted by molar-refractivity contribution is 0.0734. The summed E-state index contributed by atoms with van der Waals surface area (Å²) >= 11 is 0. The Morgan fingerprint density at radius 3 is 1.94 bits per heavy atom. The van der Waals surface area contributed by atoms with Crippen LogP contribution in [0.1, 0.15) is 95.3 Å². The highest BCUT2D eigenvalue weighted by atomic mass is 19.1. The van der Waals surface area contributed by atoms with Gasteiger partial charge in [-0.25, -0.2) is 9.18 Å². The molecule has 0 amide bonds. The van der Waals surface area contributed by atoms with Crippen molar-refractivity contribution in [3.63, 3.8) is 0 Å². The van der Waals surface area contributed by atoms with Crippen LogP contribution in [0.2, 0.25) is 0 Å². The summed E-state index contributed by atoms with van der Waals surface area (Å²) in [4.78, 5) is 12.4. The van der Waals surface area contributed by atoms with Crippen LogP contribution in [0.3, 0.4) is 0 Å². The average molecular weight is 473 g/mol. The van der Waals surface area contributed by atoms with Crippen molar-refractivity contribution in [2.75, 3.05) is 6.61 Å². The number of hydrogen-bond acceptors (Lipinski definition) is 4. The molecule has 2 aromatic rings. The Balaban J connectivity index is 1.74. The van der Waals surface area contributed by atoms with Crippen molar-refractivity contribution in [3.05, 3.63) is 54.1 Å². The van der Waals surface area contributed by atoms with Crippen molar-refractivity contribution in [1.82, 2.24) is 0 Å². The summed E-state index contributed by atoms with van der Waals surface area (Å²) in [7, 11) is 0. The normalized spacial score (nSPS) is 12.7. The topological polar surface area (TPSA) is 44.8 Å². The molecule has 5 heteroatoms. The second-order valence-electron chi connectivity index (χ2n) is 8.92. The average Bonchev–Trinajstić information content (AvgIpc) is 2.85. The van der Waals surface area contributed by atoms with Gasteiger partial charge in [-0.3, -0.25) is 0 Å². The van der Waals surface area contributed by atoms with Crippen LogP contribution >= 0.6 is 0 Å². The van der Waals surface area contributed by atoms with Gasteiger partial charge in [0.1, 0.15) is 30.0 Å². The Morgan fingerprint density at radius 1 is 0.765 bits per heavy atom. The third kappa shape index (κ3) is 11.0. The van der Waals surface area contributed by atoms with Gasteiger partial charge < -0.3 is 14.2 Å². The Bertz CT molecular complexity index is 804. The molecule has 188 valence electrons. The van der Waals surface area contributed by atoms with Crippen molar-refractivity contribution in [2.45, 2.75) is 97.3 Å². The fraction of sp³-hybridized carbons (Fsp3) is 0.552. The summed E-state index contributed by atoms with van der Waals surface area (Å²) in [5.74, 6) is 1.30. The maximum atomic E-state index is 13.9. The summed E-state index contributed by atoms with van der Waals surface area (Å²) in [6.45, 7) is 6.45. The van der Waals surface area contributed by atoms with Crippen LogP contribution in [0.25, 0.3) is 0 Å². The fourth-order valence-electron chi connectivity index (χ4n) is 3.65. The second-order valence-corrected chi connectivity index (χ2v) is 8.92. The molecule has 0 radical (unpaired) electrons. The molecule has 0 N–H and O–H groups in total. The molecule has 0 saturated carbocycles. The molecule has 0 aliphatic carbocycles. The van der Waals surface area contributed by atoms with E-state index in [1.807, 2.05) is 12.1 Å². The van der Waals surface area contributed by atoms with Gasteiger partial charge in [-0.15, -0.1) is 0 Å². The van der Waals surface area contributed by atoms with E-state index in [1.54, 1.807) is 36.4 Å². The van der Waals surface area contributed by atoms with E-state index in [4.69, 9.17) is 14.2 Å². The maximum absolute atomic E-state index is 13.9. The van der Waals surface area contributed by atoms with Gasteiger partial charge in [-0.1, -0.05) is 58.8 Å². The molecular weight excluding hydrogens is 431 g/mol. The highest BCUT2D eigenvalue weighted by Gasteiger charge is 2.11. The largest absolute Gasteiger partial charge is 0.491 e. The summed E-state index contributed by atoms with van der Waals surface area (Å²) in [5, 5.41) is 0. The van der Waals surface area contributed by atoms with Crippen LogP contribution in [-0.4, -0.2) is 24.9 Å². The van der Waals surface area contributed by atoms with Gasteiger partial charge >= 0.3 is 5.97 Å². The van der Waals surface area contributed by atoms with E-state index < -0.39 is 12.1 Å². The summed E-state index contributed by atoms with van der Waals surface area (Å²) in [6.07, 6.45) is 9.85. The first kappa shape index (κ1) is 27.7. The quantitative estimate of drug-likeness (QED) is 0.132. The minimum Gasteiger partial charge on any atom is -0.491 e. The van der Waals surface area contributed by atoms with Crippen molar-refractivity contribution in [3.8, 4) is 17.2 Å². The Labute approximate surface area is 204 Å². The summed E-state index contributed by atoms with van der Waals surface area (Å²) in [6, 6.07) is 13.7. The van der Waals surface area contributed by atoms with Crippen molar-refractivity contribution < 1.29 is 23.4 Å². The number of ether oxygens (including phenoxy) is 3. The predicted octanol–water partition coefficient (Wildman–Crippen LogP) is 8.33. The third-order valence-corrected chi connectivity index (χ3v) is 5.73. The van der Waals surface area contributed by atoms with Crippen molar-refractivity contribution in [1.29, 1.82) is 0 Å². The molecule has 34 heavy (non-hydrogen) atoms. The van der Waals surface area contributed by atoms with Crippen LogP contribution in [-0.2, 0) is 0 Å². The van der Waals surface area contributed by atoms with Gasteiger partial charge in [0.2, 0.25) is 0 Å². The number of halogens is 1. The fourth-order valence-corrected chi connectivity index (χ4v) is 3.65. The zero-order chi connectivity index (χ0) is 24.6. The first-order valence-electron chi connectivity index (χ1n) is 12.9. The zero-order valence-electron chi connectivity index (χ0n) is 21.1. The smallest absolute Gasteiger partial charge is 0.343 e.